The SMILES string of the molecule is O=CN1CCC(OCc2ccc(C(F)(F)F)cc2)CC1C1(c2ccc(Cl)cc2)CCC1. The molecule has 1 saturated carbocycles. The van der Waals surface area contributed by atoms with Gasteiger partial charge in [0.05, 0.1) is 18.3 Å². The summed E-state index contributed by atoms with van der Waals surface area (Å²) in [6.07, 6.45) is 1.11. The first kappa shape index (κ1) is 22.2. The van der Waals surface area contributed by atoms with E-state index in [1.165, 1.54) is 17.7 Å². The molecular formula is C24H25ClF3NO2. The maximum atomic E-state index is 12.8. The predicted molar refractivity (Wildman–Crippen MR) is 113 cm³/mol. The molecule has 2 atom stereocenters. The lowest BCUT2D eigenvalue weighted by Crippen LogP contribution is -2.58. The number of ether oxygens (including phenoxy) is 1. The van der Waals surface area contributed by atoms with Crippen molar-refractivity contribution in [2.45, 2.75) is 62.4 Å². The zero-order valence-electron chi connectivity index (χ0n) is 17.1. The molecule has 3 nitrogen and oxygen atoms in total. The van der Waals surface area contributed by atoms with Crippen molar-refractivity contribution < 1.29 is 22.7 Å². The summed E-state index contributed by atoms with van der Waals surface area (Å²) in [6, 6.07) is 13.0. The van der Waals surface area contributed by atoms with Crippen molar-refractivity contribution in [2.75, 3.05) is 6.54 Å². The Morgan fingerprint density at radius 1 is 1.10 bits per heavy atom. The molecule has 0 aromatic heterocycles. The van der Waals surface area contributed by atoms with Gasteiger partial charge in [0.25, 0.3) is 0 Å². The van der Waals surface area contributed by atoms with Crippen molar-refractivity contribution in [3.8, 4) is 0 Å². The number of hydrogen-bond acceptors (Lipinski definition) is 2. The highest BCUT2D eigenvalue weighted by molar-refractivity contribution is 6.30. The number of carbonyl (C=O) groups is 1. The molecule has 2 aromatic rings. The number of likely N-dealkylation sites (tertiary alicyclic amines) is 1. The Kier molecular flexibility index (Phi) is 6.31. The Hall–Kier alpha value is -2.05. The molecule has 2 unspecified atom stereocenters. The Morgan fingerprint density at radius 3 is 2.32 bits per heavy atom. The highest BCUT2D eigenvalue weighted by atomic mass is 35.5. The van der Waals surface area contributed by atoms with E-state index < -0.39 is 11.7 Å². The number of amides is 1. The number of benzene rings is 2. The van der Waals surface area contributed by atoms with E-state index in [0.29, 0.717) is 30.0 Å². The normalized spacial score (nSPS) is 23.3. The van der Waals surface area contributed by atoms with Crippen LogP contribution in [0.15, 0.2) is 48.5 Å². The van der Waals surface area contributed by atoms with Crippen LogP contribution in [0.2, 0.25) is 5.02 Å². The summed E-state index contributed by atoms with van der Waals surface area (Å²) in [4.78, 5) is 13.7. The molecular weight excluding hydrogens is 427 g/mol. The highest BCUT2D eigenvalue weighted by Crippen LogP contribution is 2.50. The molecule has 31 heavy (non-hydrogen) atoms. The Labute approximate surface area is 185 Å². The molecule has 7 heteroatoms. The van der Waals surface area contributed by atoms with Gasteiger partial charge in [-0.1, -0.05) is 42.3 Å². The fourth-order valence-electron chi connectivity index (χ4n) is 4.93. The number of hydrogen-bond donors (Lipinski definition) is 0. The first-order valence-electron chi connectivity index (χ1n) is 10.6. The van der Waals surface area contributed by atoms with Gasteiger partial charge in [0.1, 0.15) is 0 Å². The quantitative estimate of drug-likeness (QED) is 0.505. The topological polar surface area (TPSA) is 29.5 Å². The first-order chi connectivity index (χ1) is 14.8. The summed E-state index contributed by atoms with van der Waals surface area (Å²) in [7, 11) is 0. The maximum Gasteiger partial charge on any atom is 0.416 e. The zero-order chi connectivity index (χ0) is 22.1. The van der Waals surface area contributed by atoms with E-state index >= 15 is 0 Å². The smallest absolute Gasteiger partial charge is 0.373 e. The average molecular weight is 452 g/mol. The number of rotatable bonds is 6. The van der Waals surface area contributed by atoms with Crippen LogP contribution in [0.5, 0.6) is 0 Å². The van der Waals surface area contributed by atoms with Crippen LogP contribution in [0.1, 0.15) is 48.8 Å². The van der Waals surface area contributed by atoms with E-state index in [4.69, 9.17) is 16.3 Å². The van der Waals surface area contributed by atoms with Gasteiger partial charge in [0.15, 0.2) is 0 Å². The Balaban J connectivity index is 1.45. The molecule has 4 rings (SSSR count). The van der Waals surface area contributed by atoms with Gasteiger partial charge in [0, 0.05) is 23.0 Å². The van der Waals surface area contributed by atoms with Gasteiger partial charge in [0.2, 0.25) is 6.41 Å². The molecule has 0 bridgehead atoms. The third-order valence-electron chi connectivity index (χ3n) is 6.80. The van der Waals surface area contributed by atoms with Crippen molar-refractivity contribution in [3.63, 3.8) is 0 Å². The van der Waals surface area contributed by atoms with Gasteiger partial charge in [-0.3, -0.25) is 4.79 Å². The van der Waals surface area contributed by atoms with Crippen LogP contribution in [0, 0.1) is 0 Å². The molecule has 1 amide bonds. The van der Waals surface area contributed by atoms with Crippen LogP contribution >= 0.6 is 11.6 Å². The largest absolute Gasteiger partial charge is 0.416 e. The molecule has 1 aliphatic heterocycles. The molecule has 2 fully saturated rings. The van der Waals surface area contributed by atoms with Gasteiger partial charge < -0.3 is 9.64 Å². The minimum atomic E-state index is -4.34. The standard InChI is InChI=1S/C24H25ClF3NO2/c25-20-8-6-18(7-9-20)23(11-1-12-23)22-14-21(10-13-29(22)16-30)31-15-17-2-4-19(5-3-17)24(26,27)28/h2-9,16,21-22H,1,10-15H2. The van der Waals surface area contributed by atoms with Crippen molar-refractivity contribution in [1.29, 1.82) is 0 Å². The number of nitrogens with zero attached hydrogens (tertiary/aromatic N) is 1. The fourth-order valence-corrected chi connectivity index (χ4v) is 5.06. The molecule has 1 saturated heterocycles. The van der Waals surface area contributed by atoms with Gasteiger partial charge in [-0.25, -0.2) is 0 Å². The minimum Gasteiger partial charge on any atom is -0.373 e. The molecule has 1 aliphatic carbocycles. The lowest BCUT2D eigenvalue weighted by Gasteiger charge is -2.54. The summed E-state index contributed by atoms with van der Waals surface area (Å²) in [6.45, 7) is 0.867. The van der Waals surface area contributed by atoms with Crippen LogP contribution in [-0.2, 0) is 27.7 Å². The Morgan fingerprint density at radius 2 is 1.77 bits per heavy atom. The second-order valence-electron chi connectivity index (χ2n) is 8.53. The molecule has 0 radical (unpaired) electrons. The molecule has 1 heterocycles. The Bertz CT molecular complexity index is 895. The number of halogens is 4. The fraction of sp³-hybridized carbons (Fsp3) is 0.458. The van der Waals surface area contributed by atoms with Crippen molar-refractivity contribution >= 4 is 18.0 Å². The predicted octanol–water partition coefficient (Wildman–Crippen LogP) is 5.99. The van der Waals surface area contributed by atoms with E-state index in [0.717, 1.165) is 37.8 Å². The molecule has 166 valence electrons. The van der Waals surface area contributed by atoms with Gasteiger partial charge in [-0.2, -0.15) is 13.2 Å². The molecule has 0 N–H and O–H groups in total. The highest BCUT2D eigenvalue weighted by Gasteiger charge is 2.49. The van der Waals surface area contributed by atoms with Crippen LogP contribution in [0.4, 0.5) is 13.2 Å². The summed E-state index contributed by atoms with van der Waals surface area (Å²) in [5.74, 6) is 0. The van der Waals surface area contributed by atoms with Gasteiger partial charge >= 0.3 is 6.18 Å². The van der Waals surface area contributed by atoms with E-state index in [2.05, 4.69) is 12.1 Å². The van der Waals surface area contributed by atoms with E-state index in [-0.39, 0.29) is 24.2 Å². The maximum absolute atomic E-state index is 12.8. The van der Waals surface area contributed by atoms with Crippen LogP contribution in [0.25, 0.3) is 0 Å². The van der Waals surface area contributed by atoms with Crippen LogP contribution in [0.3, 0.4) is 0 Å². The number of alkyl halides is 3. The van der Waals surface area contributed by atoms with Crippen LogP contribution in [-0.4, -0.2) is 30.0 Å². The van der Waals surface area contributed by atoms with Crippen molar-refractivity contribution in [2.24, 2.45) is 0 Å². The first-order valence-corrected chi connectivity index (χ1v) is 10.9. The third-order valence-corrected chi connectivity index (χ3v) is 7.05. The monoisotopic (exact) mass is 451 g/mol. The number of piperidine rings is 1. The lowest BCUT2D eigenvalue weighted by molar-refractivity contribution is -0.137. The van der Waals surface area contributed by atoms with Gasteiger partial charge in [-0.05, 0) is 61.1 Å². The molecule has 2 aliphatic rings. The van der Waals surface area contributed by atoms with Crippen molar-refractivity contribution in [3.05, 3.63) is 70.2 Å². The summed E-state index contributed by atoms with van der Waals surface area (Å²) < 4.78 is 44.3. The minimum absolute atomic E-state index is 0.0336. The van der Waals surface area contributed by atoms with Crippen molar-refractivity contribution in [1.82, 2.24) is 4.90 Å². The zero-order valence-corrected chi connectivity index (χ0v) is 17.8. The average Bonchev–Trinajstić information content (AvgIpc) is 2.72. The summed E-state index contributed by atoms with van der Waals surface area (Å²) >= 11 is 6.07. The van der Waals surface area contributed by atoms with E-state index in [9.17, 15) is 18.0 Å². The lowest BCUT2D eigenvalue weighted by atomic mass is 9.58. The van der Waals surface area contributed by atoms with Crippen LogP contribution < -0.4 is 0 Å². The number of carbonyl (C=O) groups excluding carboxylic acids is 1. The molecule has 2 aromatic carbocycles. The third kappa shape index (κ3) is 4.60. The summed E-state index contributed by atoms with van der Waals surface area (Å²) in [5.41, 5.74) is 1.15. The molecule has 0 spiro atoms. The van der Waals surface area contributed by atoms with E-state index in [1.54, 1.807) is 0 Å². The summed E-state index contributed by atoms with van der Waals surface area (Å²) in [5, 5.41) is 0.687. The second kappa shape index (κ2) is 8.83. The van der Waals surface area contributed by atoms with Gasteiger partial charge in [-0.15, -0.1) is 0 Å². The van der Waals surface area contributed by atoms with E-state index in [1.807, 2.05) is 17.0 Å². The second-order valence-corrected chi connectivity index (χ2v) is 8.96.